The summed E-state index contributed by atoms with van der Waals surface area (Å²) in [4.78, 5) is 19.0. The molecule has 2 amide bonds. The van der Waals surface area contributed by atoms with Gasteiger partial charge in [-0.3, -0.25) is 0 Å². The normalized spacial score (nSPS) is 19.7. The Bertz CT molecular complexity index is 1130. The van der Waals surface area contributed by atoms with Crippen molar-refractivity contribution in [3.05, 3.63) is 95.2 Å². The number of nitrogens with zero attached hydrogens (tertiary/aromatic N) is 2. The van der Waals surface area contributed by atoms with E-state index < -0.39 is 0 Å². The molecule has 3 aromatic rings. The molecular weight excluding hydrogens is 410 g/mol. The summed E-state index contributed by atoms with van der Waals surface area (Å²) in [6.07, 6.45) is 6.84. The number of carbonyl (C=O) groups is 1. The van der Waals surface area contributed by atoms with Crippen LogP contribution in [0.5, 0.6) is 11.6 Å². The lowest BCUT2D eigenvalue weighted by molar-refractivity contribution is 0.193. The molecule has 2 heterocycles. The predicted octanol–water partition coefficient (Wildman–Crippen LogP) is 5.93. The summed E-state index contributed by atoms with van der Waals surface area (Å²) < 4.78 is 5.89. The molecule has 2 fully saturated rings. The molecule has 2 aliphatic rings. The second-order valence-electron chi connectivity index (χ2n) is 8.95. The number of aryl methyl sites for hydroxylation is 1. The molecule has 1 aromatic heterocycles. The Hall–Kier alpha value is -3.60. The lowest BCUT2D eigenvalue weighted by Gasteiger charge is -2.28. The maximum atomic E-state index is 12.7. The maximum absolute atomic E-state index is 12.7. The molecule has 0 unspecified atom stereocenters. The third kappa shape index (κ3) is 5.43. The number of nitrogens with one attached hydrogen (secondary N) is 1. The van der Waals surface area contributed by atoms with Gasteiger partial charge in [0.05, 0.1) is 0 Å². The van der Waals surface area contributed by atoms with E-state index in [1.807, 2.05) is 48.2 Å². The van der Waals surface area contributed by atoms with E-state index in [9.17, 15) is 4.79 Å². The van der Waals surface area contributed by atoms with Crippen LogP contribution < -0.4 is 10.1 Å². The first kappa shape index (κ1) is 21.3. The Balaban J connectivity index is 1.13. The molecule has 168 valence electrons. The van der Waals surface area contributed by atoms with Crippen molar-refractivity contribution in [1.29, 1.82) is 0 Å². The van der Waals surface area contributed by atoms with Gasteiger partial charge < -0.3 is 15.0 Å². The van der Waals surface area contributed by atoms with E-state index in [-0.39, 0.29) is 12.1 Å². The van der Waals surface area contributed by atoms with Crippen molar-refractivity contribution in [3.8, 4) is 11.6 Å². The van der Waals surface area contributed by atoms with Crippen LogP contribution in [0.2, 0.25) is 0 Å². The molecule has 1 aliphatic carbocycles. The van der Waals surface area contributed by atoms with Crippen LogP contribution in [-0.2, 0) is 0 Å². The minimum Gasteiger partial charge on any atom is -0.439 e. The van der Waals surface area contributed by atoms with Crippen molar-refractivity contribution in [2.45, 2.75) is 38.1 Å². The number of benzene rings is 2. The first-order chi connectivity index (χ1) is 16.1. The first-order valence-electron chi connectivity index (χ1n) is 11.6. The Morgan fingerprint density at radius 2 is 1.88 bits per heavy atom. The number of aromatic nitrogens is 1. The first-order valence-corrected chi connectivity index (χ1v) is 11.6. The van der Waals surface area contributed by atoms with E-state index in [1.165, 1.54) is 11.1 Å². The average Bonchev–Trinajstić information content (AvgIpc) is 3.61. The number of urea groups is 1. The van der Waals surface area contributed by atoms with Crippen molar-refractivity contribution >= 4 is 12.1 Å². The fourth-order valence-electron chi connectivity index (χ4n) is 4.35. The van der Waals surface area contributed by atoms with Crippen LogP contribution in [0.4, 0.5) is 4.79 Å². The SMILES string of the molecule is Cc1ccc(Oc2cccc(C=C3CCN(C(=O)N[C@H]4C[C@@H]4c4ccccc4)CC3)c2)nc1. The average molecular weight is 440 g/mol. The van der Waals surface area contributed by atoms with Crippen LogP contribution in [0.1, 0.15) is 41.9 Å². The zero-order chi connectivity index (χ0) is 22.6. The summed E-state index contributed by atoms with van der Waals surface area (Å²) in [7, 11) is 0. The highest BCUT2D eigenvalue weighted by molar-refractivity contribution is 5.75. The van der Waals surface area contributed by atoms with Gasteiger partial charge in [0.15, 0.2) is 0 Å². The molecule has 1 N–H and O–H groups in total. The molecule has 5 rings (SSSR count). The summed E-state index contributed by atoms with van der Waals surface area (Å²) in [5.41, 5.74) is 4.89. The van der Waals surface area contributed by atoms with Gasteiger partial charge in [-0.05, 0) is 55.0 Å². The minimum atomic E-state index is 0.0680. The Morgan fingerprint density at radius 1 is 1.06 bits per heavy atom. The quantitative estimate of drug-likeness (QED) is 0.536. The van der Waals surface area contributed by atoms with Crippen LogP contribution in [-0.4, -0.2) is 35.0 Å². The molecule has 2 aromatic carbocycles. The van der Waals surface area contributed by atoms with E-state index in [0.717, 1.165) is 49.2 Å². The number of likely N-dealkylation sites (tertiary alicyclic amines) is 1. The minimum absolute atomic E-state index is 0.0680. The fraction of sp³-hybridized carbons (Fsp3) is 0.286. The van der Waals surface area contributed by atoms with Crippen LogP contribution in [0.15, 0.2) is 78.5 Å². The Labute approximate surface area is 195 Å². The van der Waals surface area contributed by atoms with Gasteiger partial charge in [0.1, 0.15) is 5.75 Å². The van der Waals surface area contributed by atoms with Crippen molar-refractivity contribution in [1.82, 2.24) is 15.2 Å². The number of rotatable bonds is 5. The molecule has 5 heteroatoms. The predicted molar refractivity (Wildman–Crippen MR) is 130 cm³/mol. The monoisotopic (exact) mass is 439 g/mol. The number of carbonyl (C=O) groups excluding carboxylic acids is 1. The van der Waals surface area contributed by atoms with Crippen LogP contribution in [0.25, 0.3) is 6.08 Å². The second kappa shape index (κ2) is 9.49. The largest absolute Gasteiger partial charge is 0.439 e. The topological polar surface area (TPSA) is 54.5 Å². The van der Waals surface area contributed by atoms with E-state index in [1.54, 1.807) is 6.20 Å². The standard InChI is InChI=1S/C28H29N3O2/c1-20-10-11-27(29-19-20)33-24-9-5-6-22(17-24)16-21-12-14-31(15-13-21)28(32)30-26-18-25(26)23-7-3-2-4-8-23/h2-11,16-17,19,25-26H,12-15,18H2,1H3,(H,30,32)/t25-,26+/m1/s1. The molecule has 1 saturated heterocycles. The highest BCUT2D eigenvalue weighted by Gasteiger charge is 2.40. The molecule has 0 spiro atoms. The number of hydrogen-bond acceptors (Lipinski definition) is 3. The molecule has 2 atom stereocenters. The summed E-state index contributed by atoms with van der Waals surface area (Å²) in [6.45, 7) is 3.51. The molecule has 0 bridgehead atoms. The summed E-state index contributed by atoms with van der Waals surface area (Å²) in [5.74, 6) is 1.82. The number of hydrogen-bond donors (Lipinski definition) is 1. The molecule has 33 heavy (non-hydrogen) atoms. The highest BCUT2D eigenvalue weighted by Crippen LogP contribution is 2.40. The molecule has 5 nitrogen and oxygen atoms in total. The Morgan fingerprint density at radius 3 is 2.64 bits per heavy atom. The van der Waals surface area contributed by atoms with Gasteiger partial charge in [-0.2, -0.15) is 0 Å². The van der Waals surface area contributed by atoms with E-state index in [0.29, 0.717) is 11.8 Å². The summed E-state index contributed by atoms with van der Waals surface area (Å²) in [5, 5.41) is 3.22. The van der Waals surface area contributed by atoms with E-state index in [4.69, 9.17) is 4.74 Å². The van der Waals surface area contributed by atoms with E-state index in [2.05, 4.69) is 46.7 Å². The lowest BCUT2D eigenvalue weighted by atomic mass is 10.0. The van der Waals surface area contributed by atoms with Crippen molar-refractivity contribution < 1.29 is 9.53 Å². The fourth-order valence-corrected chi connectivity index (χ4v) is 4.35. The second-order valence-corrected chi connectivity index (χ2v) is 8.95. The van der Waals surface area contributed by atoms with Crippen LogP contribution >= 0.6 is 0 Å². The molecule has 1 saturated carbocycles. The number of piperidine rings is 1. The zero-order valence-corrected chi connectivity index (χ0v) is 18.9. The van der Waals surface area contributed by atoms with Crippen LogP contribution in [0, 0.1) is 6.92 Å². The highest BCUT2D eigenvalue weighted by atomic mass is 16.5. The molecule has 1 aliphatic heterocycles. The van der Waals surface area contributed by atoms with Gasteiger partial charge in [-0.25, -0.2) is 9.78 Å². The summed E-state index contributed by atoms with van der Waals surface area (Å²) >= 11 is 0. The smallest absolute Gasteiger partial charge is 0.317 e. The van der Waals surface area contributed by atoms with Gasteiger partial charge in [0.25, 0.3) is 0 Å². The van der Waals surface area contributed by atoms with Gasteiger partial charge in [-0.15, -0.1) is 0 Å². The van der Waals surface area contributed by atoms with E-state index >= 15 is 0 Å². The van der Waals surface area contributed by atoms with Gasteiger partial charge >= 0.3 is 6.03 Å². The van der Waals surface area contributed by atoms with Crippen molar-refractivity contribution in [2.24, 2.45) is 0 Å². The number of ether oxygens (including phenoxy) is 1. The van der Waals surface area contributed by atoms with Crippen molar-refractivity contribution in [3.63, 3.8) is 0 Å². The van der Waals surface area contributed by atoms with Crippen LogP contribution in [0.3, 0.4) is 0 Å². The third-order valence-corrected chi connectivity index (χ3v) is 6.36. The Kier molecular flexibility index (Phi) is 6.11. The number of pyridine rings is 1. The molecular formula is C28H29N3O2. The van der Waals surface area contributed by atoms with Gasteiger partial charge in [-0.1, -0.05) is 60.2 Å². The summed E-state index contributed by atoms with van der Waals surface area (Å²) in [6, 6.07) is 22.7. The lowest BCUT2D eigenvalue weighted by Crippen LogP contribution is -2.44. The zero-order valence-electron chi connectivity index (χ0n) is 18.9. The van der Waals surface area contributed by atoms with Crippen molar-refractivity contribution in [2.75, 3.05) is 13.1 Å². The number of amides is 2. The third-order valence-electron chi connectivity index (χ3n) is 6.36. The molecule has 0 radical (unpaired) electrons. The van der Waals surface area contributed by atoms with Gasteiger partial charge in [0, 0.05) is 37.3 Å². The van der Waals surface area contributed by atoms with Gasteiger partial charge in [0.2, 0.25) is 5.88 Å². The maximum Gasteiger partial charge on any atom is 0.317 e.